The van der Waals surface area contributed by atoms with Gasteiger partial charge in [0.2, 0.25) is 0 Å². The topological polar surface area (TPSA) is 536 Å². The van der Waals surface area contributed by atoms with Gasteiger partial charge >= 0.3 is 0 Å². The molecule has 18 heteroatoms. The molecule has 0 saturated heterocycles. The number of hydrogen-bond acceptors (Lipinski definition) is 0. The summed E-state index contributed by atoms with van der Waals surface area (Å²) in [5.41, 5.74) is 0. The molecule has 1 radical (unpaired) electrons. The van der Waals surface area contributed by atoms with Crippen molar-refractivity contribution in [3.05, 3.63) is 0 Å². The fourth-order valence-corrected chi connectivity index (χ4v) is 0. The van der Waals surface area contributed by atoms with Crippen LogP contribution in [0.25, 0.3) is 0 Å². The Balaban J connectivity index is 0. The molecule has 0 rings (SSSR count). The number of rotatable bonds is 0. The first-order chi connectivity index (χ1) is 0. The van der Waals surface area contributed by atoms with Crippen LogP contribution < -0.4 is 0 Å². The van der Waals surface area contributed by atoms with E-state index in [4.69, 9.17) is 0 Å². The molecule has 34 N–H and O–H groups in total. The zero-order chi connectivity index (χ0) is 0. The van der Waals surface area contributed by atoms with Crippen LogP contribution in [-0.2, 0) is 0 Å². The van der Waals surface area contributed by atoms with E-state index in [2.05, 4.69) is 0 Å². The molecule has 0 bridgehead atoms. The van der Waals surface area contributed by atoms with E-state index in [1.807, 2.05) is 0 Å². The monoisotopic (exact) mass is 345 g/mol. The van der Waals surface area contributed by atoms with Crippen molar-refractivity contribution in [3.8, 4) is 0 Å². The van der Waals surface area contributed by atoms with Crippen LogP contribution in [0, 0.1) is 0 Å². The molecule has 0 unspecified atom stereocenters. The van der Waals surface area contributed by atoms with Gasteiger partial charge in [-0.3, -0.25) is 0 Å². The van der Waals surface area contributed by atoms with Gasteiger partial charge in [-0.1, -0.05) is 0 Å². The molecule has 0 fully saturated rings. The Hall–Kier alpha value is 0.956. The first-order valence-electron chi connectivity index (χ1n) is 0. The summed E-state index contributed by atoms with van der Waals surface area (Å²) in [6.45, 7) is 0. The van der Waals surface area contributed by atoms with Crippen molar-refractivity contribution in [1.82, 2.24) is 0 Å². The van der Waals surface area contributed by atoms with Gasteiger partial charge < -0.3 is 93.1 Å². The van der Waals surface area contributed by atoms with E-state index in [0.717, 1.165) is 0 Å². The fourth-order valence-electron chi connectivity index (χ4n) is 0. The minimum Gasteiger partial charge on any atom is -0.412 e. The molecule has 0 aromatic heterocycles. The molecule has 0 saturated carbocycles. The van der Waals surface area contributed by atoms with Gasteiger partial charge in [0.1, 0.15) is 0 Å². The second-order valence-electron chi connectivity index (χ2n) is 0. The summed E-state index contributed by atoms with van der Waals surface area (Å²) < 4.78 is 0. The van der Waals surface area contributed by atoms with Crippen molar-refractivity contribution in [3.63, 3.8) is 0 Å². The van der Waals surface area contributed by atoms with E-state index >= 15 is 0 Å². The minimum absolute atomic E-state index is 0. The Morgan fingerprint density at radius 2 is 0.111 bits per heavy atom. The van der Waals surface area contributed by atoms with Gasteiger partial charge in [-0.05, 0) is 0 Å². The molecule has 0 aromatic carbocycles. The van der Waals surface area contributed by atoms with Gasteiger partial charge in [0.25, 0.3) is 0 Å². The van der Waals surface area contributed by atoms with Crippen molar-refractivity contribution < 1.29 is 93.1 Å². The molecule has 0 atom stereocenters. The van der Waals surface area contributed by atoms with Crippen LogP contribution in [-0.4, -0.2) is 144 Å². The zero-order valence-corrected chi connectivity index (χ0v) is 12.6. The van der Waals surface area contributed by atoms with Crippen LogP contribution in [0.1, 0.15) is 0 Å². The van der Waals surface area contributed by atoms with E-state index in [0.29, 0.717) is 0 Å². The van der Waals surface area contributed by atoms with Crippen molar-refractivity contribution in [2.24, 2.45) is 0 Å². The van der Waals surface area contributed by atoms with Gasteiger partial charge in [-0.25, -0.2) is 0 Å². The SMILES string of the molecule is O.O.O.O.O.O.O.O.O.O.O.O.O.O.O.O.O.[K]. The van der Waals surface area contributed by atoms with E-state index in [-0.39, 0.29) is 144 Å². The fraction of sp³-hybridized carbons (Fsp3) is 0. The zero-order valence-electron chi connectivity index (χ0n) is 9.50. The predicted octanol–water partition coefficient (Wildman–Crippen LogP) is -14.4. The maximum absolute atomic E-state index is 0. The molecule has 18 heavy (non-hydrogen) atoms. The van der Waals surface area contributed by atoms with Crippen LogP contribution in [0.5, 0.6) is 0 Å². The third-order valence-electron chi connectivity index (χ3n) is 0. The van der Waals surface area contributed by atoms with E-state index in [1.165, 1.54) is 0 Å². The minimum atomic E-state index is 0. The average molecular weight is 345 g/mol. The predicted molar refractivity (Wildman–Crippen MR) is 67.2 cm³/mol. The smallest absolute Gasteiger partial charge is 0 e. The standard InChI is InChI=1S/K.17H2O/h;17*1H2. The Labute approximate surface area is 143 Å². The summed E-state index contributed by atoms with van der Waals surface area (Å²) >= 11 is 0. The second kappa shape index (κ2) is 5640. The summed E-state index contributed by atoms with van der Waals surface area (Å²) in [5, 5.41) is 0. The molecular weight excluding hydrogens is 311 g/mol. The molecule has 0 aliphatic heterocycles. The molecule has 137 valence electrons. The maximum atomic E-state index is 0. The van der Waals surface area contributed by atoms with Gasteiger partial charge in [-0.15, -0.1) is 0 Å². The summed E-state index contributed by atoms with van der Waals surface area (Å²) in [7, 11) is 0. The van der Waals surface area contributed by atoms with Gasteiger partial charge in [0, 0.05) is 51.4 Å². The van der Waals surface area contributed by atoms with Crippen molar-refractivity contribution in [2.45, 2.75) is 0 Å². The quantitative estimate of drug-likeness (QED) is 0.368. The summed E-state index contributed by atoms with van der Waals surface area (Å²) in [6, 6.07) is 0. The van der Waals surface area contributed by atoms with Gasteiger partial charge in [0.05, 0.1) is 0 Å². The van der Waals surface area contributed by atoms with Gasteiger partial charge in [-0.2, -0.15) is 0 Å². The number of hydrogen-bond donors (Lipinski definition) is 0. The summed E-state index contributed by atoms with van der Waals surface area (Å²) in [4.78, 5) is 0. The van der Waals surface area contributed by atoms with Crippen LogP contribution in [0.4, 0.5) is 0 Å². The maximum Gasteiger partial charge on any atom is 0 e. The summed E-state index contributed by atoms with van der Waals surface area (Å²) in [6.07, 6.45) is 0. The Bertz CT molecular complexity index is 5.57. The van der Waals surface area contributed by atoms with E-state index in [1.54, 1.807) is 0 Å². The summed E-state index contributed by atoms with van der Waals surface area (Å²) in [5.74, 6) is 0. The first-order valence-corrected chi connectivity index (χ1v) is 0. The molecule has 0 aliphatic carbocycles. The third kappa shape index (κ3) is 4720. The van der Waals surface area contributed by atoms with Crippen LogP contribution >= 0.6 is 0 Å². The van der Waals surface area contributed by atoms with Gasteiger partial charge in [0.15, 0.2) is 0 Å². The third-order valence-corrected chi connectivity index (χ3v) is 0. The Kier molecular flexibility index (Phi) is 2100000. The molecule has 0 amide bonds. The first kappa shape index (κ1) is 6680. The normalized spacial score (nSPS) is 0. The van der Waals surface area contributed by atoms with Crippen molar-refractivity contribution in [1.29, 1.82) is 0 Å². The van der Waals surface area contributed by atoms with Crippen LogP contribution in [0.15, 0.2) is 0 Å². The van der Waals surface area contributed by atoms with Crippen molar-refractivity contribution >= 4 is 51.4 Å². The molecule has 0 aliphatic rings. The van der Waals surface area contributed by atoms with E-state index in [9.17, 15) is 0 Å². The average Bonchev–Trinajstić information content (AvgIpc) is 0. The largest absolute Gasteiger partial charge is 0.412 e. The van der Waals surface area contributed by atoms with Crippen LogP contribution in [0.2, 0.25) is 0 Å². The molecule has 0 spiro atoms. The molecule has 0 heterocycles. The van der Waals surface area contributed by atoms with Crippen molar-refractivity contribution in [2.75, 3.05) is 0 Å². The van der Waals surface area contributed by atoms with E-state index < -0.39 is 0 Å². The Morgan fingerprint density at radius 1 is 0.111 bits per heavy atom. The molecular formula is H34KO17. The van der Waals surface area contributed by atoms with Crippen LogP contribution in [0.3, 0.4) is 0 Å². The Morgan fingerprint density at radius 3 is 0.111 bits per heavy atom. The second-order valence-corrected chi connectivity index (χ2v) is 0. The molecule has 17 nitrogen and oxygen atoms in total. The molecule has 0 aromatic rings.